The van der Waals surface area contributed by atoms with Crippen LogP contribution in [0.1, 0.15) is 42.1 Å². The molecule has 0 radical (unpaired) electrons. The quantitative estimate of drug-likeness (QED) is 0.667. The van der Waals surface area contributed by atoms with Gasteiger partial charge in [-0.1, -0.05) is 92.7 Å². The third-order valence-corrected chi connectivity index (χ3v) is 4.18. The summed E-state index contributed by atoms with van der Waals surface area (Å²) in [6, 6.07) is 19.5. The van der Waals surface area contributed by atoms with Crippen molar-refractivity contribution in [2.45, 2.75) is 32.3 Å². The molecule has 0 heterocycles. The molecule has 1 aliphatic carbocycles. The molecular formula is C23H26O2. The van der Waals surface area contributed by atoms with E-state index in [4.69, 9.17) is 4.74 Å². The maximum Gasteiger partial charge on any atom is 0.174 e. The van der Waals surface area contributed by atoms with Crippen molar-refractivity contribution in [3.8, 4) is 0 Å². The Morgan fingerprint density at radius 1 is 1.00 bits per heavy atom. The molecule has 25 heavy (non-hydrogen) atoms. The number of ether oxygens (including phenoxy) is 1. The number of hydrogen-bond donors (Lipinski definition) is 0. The lowest BCUT2D eigenvalue weighted by molar-refractivity contribution is 0.0972. The van der Waals surface area contributed by atoms with Gasteiger partial charge in [-0.3, -0.25) is 4.79 Å². The number of Topliss-reactive ketones (excluding diaryl/α,β-unsaturated/α-hetero) is 1. The highest BCUT2D eigenvalue weighted by molar-refractivity contribution is 6.03. The minimum atomic E-state index is -0.271. The van der Waals surface area contributed by atoms with E-state index in [0.717, 1.165) is 23.1 Å². The molecule has 2 unspecified atom stereocenters. The second-order valence-corrected chi connectivity index (χ2v) is 5.65. The van der Waals surface area contributed by atoms with Crippen LogP contribution in [0.3, 0.4) is 0 Å². The maximum atomic E-state index is 13.1. The molecule has 2 nitrogen and oxygen atoms in total. The summed E-state index contributed by atoms with van der Waals surface area (Å²) in [5, 5.41) is 0. The minimum Gasteiger partial charge on any atom is -0.377 e. The number of hydrogen-bond acceptors (Lipinski definition) is 2. The summed E-state index contributed by atoms with van der Waals surface area (Å²) in [5.74, 6) is -0.142. The van der Waals surface area contributed by atoms with Gasteiger partial charge in [0.25, 0.3) is 0 Å². The SMILES string of the molecule is CC.COC1C=CC(C(C(=O)c2ccccc2)c2ccccc2)=CC1. The van der Waals surface area contributed by atoms with Crippen molar-refractivity contribution in [1.82, 2.24) is 0 Å². The molecule has 0 bridgehead atoms. The van der Waals surface area contributed by atoms with E-state index in [2.05, 4.69) is 6.08 Å². The van der Waals surface area contributed by atoms with E-state index < -0.39 is 0 Å². The number of allylic oxidation sites excluding steroid dienone is 2. The molecule has 0 N–H and O–H groups in total. The van der Waals surface area contributed by atoms with Crippen molar-refractivity contribution >= 4 is 5.78 Å². The highest BCUT2D eigenvalue weighted by Crippen LogP contribution is 2.32. The van der Waals surface area contributed by atoms with Crippen molar-refractivity contribution < 1.29 is 9.53 Å². The lowest BCUT2D eigenvalue weighted by atomic mass is 9.82. The number of methoxy groups -OCH3 is 1. The molecule has 0 aliphatic heterocycles. The van der Waals surface area contributed by atoms with Gasteiger partial charge in [0.15, 0.2) is 5.78 Å². The van der Waals surface area contributed by atoms with Gasteiger partial charge in [0.05, 0.1) is 12.0 Å². The number of benzene rings is 2. The Labute approximate surface area is 150 Å². The Hall–Kier alpha value is -2.45. The zero-order valence-corrected chi connectivity index (χ0v) is 15.2. The summed E-state index contributed by atoms with van der Waals surface area (Å²) >= 11 is 0. The first kappa shape index (κ1) is 18.9. The standard InChI is InChI=1S/C21H20O2.C2H6/c1-23-19-14-12-17(13-15-19)20(16-8-4-2-5-9-16)21(22)18-10-6-3-7-11-18;1-2/h2-14,19-20H,15H2,1H3;1-2H3. The highest BCUT2D eigenvalue weighted by atomic mass is 16.5. The topological polar surface area (TPSA) is 26.3 Å². The van der Waals surface area contributed by atoms with Crippen LogP contribution in [-0.2, 0) is 4.74 Å². The zero-order valence-electron chi connectivity index (χ0n) is 15.2. The van der Waals surface area contributed by atoms with Crippen molar-refractivity contribution in [2.75, 3.05) is 7.11 Å². The predicted octanol–water partition coefficient (Wildman–Crippen LogP) is 5.58. The van der Waals surface area contributed by atoms with Gasteiger partial charge in [-0.25, -0.2) is 0 Å². The Balaban J connectivity index is 0.00000109. The third kappa shape index (κ3) is 4.77. The first-order valence-corrected chi connectivity index (χ1v) is 8.85. The molecule has 130 valence electrons. The molecule has 2 aromatic carbocycles. The Kier molecular flexibility index (Phi) is 7.36. The largest absolute Gasteiger partial charge is 0.377 e. The molecule has 0 amide bonds. The molecule has 2 aromatic rings. The first-order valence-electron chi connectivity index (χ1n) is 8.85. The summed E-state index contributed by atoms with van der Waals surface area (Å²) in [6.07, 6.45) is 7.07. The molecule has 1 aliphatic rings. The first-order chi connectivity index (χ1) is 12.3. The lowest BCUT2D eigenvalue weighted by Gasteiger charge is -2.22. The third-order valence-electron chi connectivity index (χ3n) is 4.18. The fourth-order valence-electron chi connectivity index (χ4n) is 2.92. The second-order valence-electron chi connectivity index (χ2n) is 5.65. The van der Waals surface area contributed by atoms with Gasteiger partial charge in [-0.05, 0) is 17.6 Å². The van der Waals surface area contributed by atoms with Crippen LogP contribution in [0.25, 0.3) is 0 Å². The van der Waals surface area contributed by atoms with Gasteiger partial charge < -0.3 is 4.74 Å². The van der Waals surface area contributed by atoms with E-state index in [0.29, 0.717) is 0 Å². The average Bonchev–Trinajstić information content (AvgIpc) is 2.71. The number of rotatable bonds is 5. The summed E-state index contributed by atoms with van der Waals surface area (Å²) in [5.41, 5.74) is 2.80. The number of ketones is 1. The van der Waals surface area contributed by atoms with Gasteiger partial charge in [-0.15, -0.1) is 0 Å². The molecule has 3 rings (SSSR count). The van der Waals surface area contributed by atoms with Crippen LogP contribution < -0.4 is 0 Å². The van der Waals surface area contributed by atoms with Gasteiger partial charge in [0.2, 0.25) is 0 Å². The second kappa shape index (κ2) is 9.75. The van der Waals surface area contributed by atoms with Gasteiger partial charge >= 0.3 is 0 Å². The summed E-state index contributed by atoms with van der Waals surface area (Å²) in [6.45, 7) is 4.00. The van der Waals surface area contributed by atoms with Crippen molar-refractivity contribution in [3.05, 3.63) is 95.6 Å². The van der Waals surface area contributed by atoms with Crippen molar-refractivity contribution in [3.63, 3.8) is 0 Å². The minimum absolute atomic E-state index is 0.0991. The van der Waals surface area contributed by atoms with Crippen molar-refractivity contribution in [1.29, 1.82) is 0 Å². The van der Waals surface area contributed by atoms with Crippen LogP contribution in [0.4, 0.5) is 0 Å². The van der Waals surface area contributed by atoms with Gasteiger partial charge in [0.1, 0.15) is 0 Å². The lowest BCUT2D eigenvalue weighted by Crippen LogP contribution is -2.18. The maximum absolute atomic E-state index is 13.1. The van der Waals surface area contributed by atoms with Crippen LogP contribution >= 0.6 is 0 Å². The molecule has 0 fully saturated rings. The van der Waals surface area contributed by atoms with E-state index in [-0.39, 0.29) is 17.8 Å². The van der Waals surface area contributed by atoms with Crippen molar-refractivity contribution in [2.24, 2.45) is 0 Å². The van der Waals surface area contributed by atoms with E-state index in [9.17, 15) is 4.79 Å². The van der Waals surface area contributed by atoms with Crippen LogP contribution in [0.15, 0.2) is 84.5 Å². The monoisotopic (exact) mass is 334 g/mol. The predicted molar refractivity (Wildman–Crippen MR) is 104 cm³/mol. The fourth-order valence-corrected chi connectivity index (χ4v) is 2.92. The fraction of sp³-hybridized carbons (Fsp3) is 0.261. The summed E-state index contributed by atoms with van der Waals surface area (Å²) in [4.78, 5) is 13.1. The summed E-state index contributed by atoms with van der Waals surface area (Å²) in [7, 11) is 1.71. The Bertz CT molecular complexity index is 714. The van der Waals surface area contributed by atoms with E-state index >= 15 is 0 Å². The molecule has 0 saturated heterocycles. The number of carbonyl (C=O) groups is 1. The van der Waals surface area contributed by atoms with E-state index in [1.807, 2.05) is 86.7 Å². The van der Waals surface area contributed by atoms with Gasteiger partial charge in [-0.2, -0.15) is 0 Å². The zero-order chi connectivity index (χ0) is 18.1. The normalized spacial score (nSPS) is 17.1. The molecule has 2 heteroatoms. The smallest absolute Gasteiger partial charge is 0.174 e. The van der Waals surface area contributed by atoms with Crippen LogP contribution in [0.5, 0.6) is 0 Å². The molecule has 2 atom stereocenters. The molecule has 0 aromatic heterocycles. The van der Waals surface area contributed by atoms with Gasteiger partial charge in [0, 0.05) is 12.7 Å². The van der Waals surface area contributed by atoms with Crippen LogP contribution in [0, 0.1) is 0 Å². The number of carbonyl (C=O) groups excluding carboxylic acids is 1. The Morgan fingerprint density at radius 3 is 2.12 bits per heavy atom. The van der Waals surface area contributed by atoms with Crippen LogP contribution in [0.2, 0.25) is 0 Å². The summed E-state index contributed by atoms with van der Waals surface area (Å²) < 4.78 is 5.35. The molecule has 0 spiro atoms. The van der Waals surface area contributed by atoms with Crippen LogP contribution in [-0.4, -0.2) is 19.0 Å². The van der Waals surface area contributed by atoms with E-state index in [1.54, 1.807) is 7.11 Å². The molecular weight excluding hydrogens is 308 g/mol. The Morgan fingerprint density at radius 2 is 1.60 bits per heavy atom. The highest BCUT2D eigenvalue weighted by Gasteiger charge is 2.26. The van der Waals surface area contributed by atoms with E-state index in [1.165, 1.54) is 0 Å². The average molecular weight is 334 g/mol. The molecule has 0 saturated carbocycles.